The van der Waals surface area contributed by atoms with Gasteiger partial charge in [0, 0.05) is 37.0 Å². The van der Waals surface area contributed by atoms with E-state index in [-0.39, 0.29) is 6.17 Å². The molecule has 4 rings (SSSR count). The fourth-order valence-electron chi connectivity index (χ4n) is 3.81. The summed E-state index contributed by atoms with van der Waals surface area (Å²) in [7, 11) is 1.96. The Bertz CT molecular complexity index is 660. The summed E-state index contributed by atoms with van der Waals surface area (Å²) in [6.45, 7) is 2.17. The van der Waals surface area contributed by atoms with E-state index in [4.69, 9.17) is 9.98 Å². The number of aryl methyl sites for hydroxylation is 1. The van der Waals surface area contributed by atoms with Crippen molar-refractivity contribution in [2.45, 2.75) is 51.1 Å². The fourth-order valence-corrected chi connectivity index (χ4v) is 3.81. The zero-order chi connectivity index (χ0) is 15.1. The highest BCUT2D eigenvalue weighted by Crippen LogP contribution is 2.34. The maximum atomic E-state index is 4.90. The minimum Gasteiger partial charge on any atom is -0.347 e. The maximum absolute atomic E-state index is 4.90. The summed E-state index contributed by atoms with van der Waals surface area (Å²) in [5.41, 5.74) is 3.82. The molecule has 0 spiro atoms. The molecule has 1 aromatic rings. The zero-order valence-corrected chi connectivity index (χ0v) is 13.3. The molecule has 1 N–H and O–H groups in total. The van der Waals surface area contributed by atoms with Crippen LogP contribution in [0, 0.1) is 5.92 Å². The average Bonchev–Trinajstić information content (AvgIpc) is 3.18. The Morgan fingerprint density at radius 1 is 1.27 bits per heavy atom. The summed E-state index contributed by atoms with van der Waals surface area (Å²) in [6, 6.07) is 0. The third-order valence-corrected chi connectivity index (χ3v) is 5.11. The van der Waals surface area contributed by atoms with Crippen molar-refractivity contribution in [3.8, 4) is 0 Å². The lowest BCUT2D eigenvalue weighted by atomic mass is 9.89. The molecule has 2 aliphatic heterocycles. The topological polar surface area (TPSA) is 54.6 Å². The number of hydrogen-bond acceptors (Lipinski definition) is 4. The molecule has 3 heterocycles. The quantitative estimate of drug-likeness (QED) is 0.912. The minimum absolute atomic E-state index is 0.00442. The molecule has 2 atom stereocenters. The molecule has 1 fully saturated rings. The lowest BCUT2D eigenvalue weighted by Gasteiger charge is -2.31. The number of aromatic nitrogens is 2. The van der Waals surface area contributed by atoms with Gasteiger partial charge in [0.2, 0.25) is 0 Å². The molecule has 3 aliphatic rings. The molecule has 0 saturated heterocycles. The highest BCUT2D eigenvalue weighted by Gasteiger charge is 2.31. The monoisotopic (exact) mass is 297 g/mol. The van der Waals surface area contributed by atoms with Crippen molar-refractivity contribution in [2.24, 2.45) is 23.0 Å². The second-order valence-electron chi connectivity index (χ2n) is 6.70. The van der Waals surface area contributed by atoms with Crippen LogP contribution in [0.2, 0.25) is 0 Å². The van der Waals surface area contributed by atoms with Crippen molar-refractivity contribution in [1.29, 1.82) is 0 Å². The molecular weight excluding hydrogens is 274 g/mol. The van der Waals surface area contributed by atoms with E-state index >= 15 is 0 Å². The molecule has 1 aliphatic carbocycles. The number of nitrogens with one attached hydrogen (secondary N) is 1. The van der Waals surface area contributed by atoms with E-state index in [1.54, 1.807) is 0 Å². The van der Waals surface area contributed by atoms with Crippen LogP contribution in [-0.4, -0.2) is 28.0 Å². The van der Waals surface area contributed by atoms with Gasteiger partial charge in [-0.25, -0.2) is 4.99 Å². The SMILES string of the molecule is CC1=C2CC(c3cnn(C)c3)C=NC2N=C(C2CCCC2)N1. The zero-order valence-electron chi connectivity index (χ0n) is 13.3. The van der Waals surface area contributed by atoms with Crippen LogP contribution in [-0.2, 0) is 7.05 Å². The van der Waals surface area contributed by atoms with Crippen LogP contribution in [0.4, 0.5) is 0 Å². The Labute approximate surface area is 131 Å². The van der Waals surface area contributed by atoms with E-state index in [0.717, 1.165) is 6.42 Å². The van der Waals surface area contributed by atoms with Crippen LogP contribution < -0.4 is 5.32 Å². The summed E-state index contributed by atoms with van der Waals surface area (Å²) >= 11 is 0. The maximum Gasteiger partial charge on any atom is 0.164 e. The average molecular weight is 297 g/mol. The summed E-state index contributed by atoms with van der Waals surface area (Å²) in [6.07, 6.45) is 12.3. The van der Waals surface area contributed by atoms with Crippen molar-refractivity contribution in [3.63, 3.8) is 0 Å². The highest BCUT2D eigenvalue weighted by molar-refractivity contribution is 5.88. The Kier molecular flexibility index (Phi) is 3.36. The Morgan fingerprint density at radius 3 is 2.82 bits per heavy atom. The predicted molar refractivity (Wildman–Crippen MR) is 88.1 cm³/mol. The third-order valence-electron chi connectivity index (χ3n) is 5.11. The first-order valence-electron chi connectivity index (χ1n) is 8.27. The van der Waals surface area contributed by atoms with Crippen molar-refractivity contribution in [2.75, 3.05) is 0 Å². The standard InChI is InChI=1S/C17H23N5/c1-11-15-7-13(14-9-19-22(2)10-14)8-18-17(15)21-16(20-11)12-5-3-4-6-12/h8-10,12-13,17H,3-7H2,1-2H3,(H,20,21). The number of allylic oxidation sites excluding steroid dienone is 1. The number of rotatable bonds is 2. The van der Waals surface area contributed by atoms with Crippen LogP contribution >= 0.6 is 0 Å². The van der Waals surface area contributed by atoms with Gasteiger partial charge in [0.1, 0.15) is 5.84 Å². The summed E-state index contributed by atoms with van der Waals surface area (Å²) in [5, 5.41) is 7.84. The van der Waals surface area contributed by atoms with Gasteiger partial charge in [0.05, 0.1) is 6.20 Å². The number of amidine groups is 1. The van der Waals surface area contributed by atoms with Crippen molar-refractivity contribution >= 4 is 12.1 Å². The first-order valence-corrected chi connectivity index (χ1v) is 8.27. The smallest absolute Gasteiger partial charge is 0.164 e. The van der Waals surface area contributed by atoms with Crippen LogP contribution in [0.3, 0.4) is 0 Å². The predicted octanol–water partition coefficient (Wildman–Crippen LogP) is 2.77. The van der Waals surface area contributed by atoms with Crippen molar-refractivity contribution in [1.82, 2.24) is 15.1 Å². The number of fused-ring (bicyclic) bond motifs is 1. The Hall–Kier alpha value is -1.91. The number of aliphatic imine (C=N–C) groups is 2. The second kappa shape index (κ2) is 5.38. The summed E-state index contributed by atoms with van der Waals surface area (Å²) < 4.78 is 1.85. The summed E-state index contributed by atoms with van der Waals surface area (Å²) in [5.74, 6) is 2.10. The molecule has 2 unspecified atom stereocenters. The number of hydrogen-bond donors (Lipinski definition) is 1. The normalized spacial score (nSPS) is 28.5. The van der Waals surface area contributed by atoms with E-state index in [2.05, 4.69) is 29.8 Å². The van der Waals surface area contributed by atoms with Gasteiger partial charge in [-0.15, -0.1) is 0 Å². The van der Waals surface area contributed by atoms with Crippen LogP contribution in [0.5, 0.6) is 0 Å². The molecule has 0 amide bonds. The largest absolute Gasteiger partial charge is 0.347 e. The highest BCUT2D eigenvalue weighted by atomic mass is 15.2. The molecule has 0 aromatic carbocycles. The third kappa shape index (κ3) is 2.38. The second-order valence-corrected chi connectivity index (χ2v) is 6.70. The molecule has 5 heteroatoms. The van der Waals surface area contributed by atoms with Gasteiger partial charge in [0.25, 0.3) is 0 Å². The molecule has 0 bridgehead atoms. The van der Waals surface area contributed by atoms with Crippen LogP contribution in [0.25, 0.3) is 0 Å². The van der Waals surface area contributed by atoms with E-state index in [9.17, 15) is 0 Å². The summed E-state index contributed by atoms with van der Waals surface area (Å²) in [4.78, 5) is 9.64. The van der Waals surface area contributed by atoms with E-state index < -0.39 is 0 Å². The lowest BCUT2D eigenvalue weighted by molar-refractivity contribution is 0.627. The van der Waals surface area contributed by atoms with Gasteiger partial charge in [0.15, 0.2) is 6.17 Å². The molecule has 1 saturated carbocycles. The molecule has 1 aromatic heterocycles. The van der Waals surface area contributed by atoms with Crippen LogP contribution in [0.15, 0.2) is 33.6 Å². The Balaban J connectivity index is 1.59. The van der Waals surface area contributed by atoms with Gasteiger partial charge in [-0.05, 0) is 37.3 Å². The molecule has 0 radical (unpaired) electrons. The van der Waals surface area contributed by atoms with Gasteiger partial charge in [-0.1, -0.05) is 12.8 Å². The number of nitrogens with zero attached hydrogens (tertiary/aromatic N) is 4. The van der Waals surface area contributed by atoms with Crippen molar-refractivity contribution < 1.29 is 0 Å². The van der Waals surface area contributed by atoms with E-state index in [1.807, 2.05) is 17.9 Å². The van der Waals surface area contributed by atoms with Crippen LogP contribution in [0.1, 0.15) is 50.5 Å². The van der Waals surface area contributed by atoms with Gasteiger partial charge < -0.3 is 5.32 Å². The molecule has 5 nitrogen and oxygen atoms in total. The fraction of sp³-hybridized carbons (Fsp3) is 0.588. The van der Waals surface area contributed by atoms with Gasteiger partial charge in [-0.3, -0.25) is 9.67 Å². The molecule has 116 valence electrons. The first-order chi connectivity index (χ1) is 10.7. The first kappa shape index (κ1) is 13.7. The van der Waals surface area contributed by atoms with E-state index in [1.165, 1.54) is 48.4 Å². The molecular formula is C17H23N5. The molecule has 22 heavy (non-hydrogen) atoms. The van der Waals surface area contributed by atoms with Gasteiger partial charge >= 0.3 is 0 Å². The van der Waals surface area contributed by atoms with E-state index in [0.29, 0.717) is 11.8 Å². The minimum atomic E-state index is 0.00442. The van der Waals surface area contributed by atoms with Crippen molar-refractivity contribution in [3.05, 3.63) is 29.2 Å². The Morgan fingerprint density at radius 2 is 2.09 bits per heavy atom. The lowest BCUT2D eigenvalue weighted by Crippen LogP contribution is -2.37. The van der Waals surface area contributed by atoms with Gasteiger partial charge in [-0.2, -0.15) is 5.10 Å².